The highest BCUT2D eigenvalue weighted by atomic mass is 16.5. The first-order valence-corrected chi connectivity index (χ1v) is 6.75. The number of hydrogen-bond donors (Lipinski definition) is 2. The highest BCUT2D eigenvalue weighted by Gasteiger charge is 2.11. The Bertz CT molecular complexity index is 564. The van der Waals surface area contributed by atoms with Gasteiger partial charge in [-0.05, 0) is 37.6 Å². The topological polar surface area (TPSA) is 41.5 Å². The monoisotopic (exact) mass is 271 g/mol. The van der Waals surface area contributed by atoms with Crippen LogP contribution in [-0.4, -0.2) is 12.2 Å². The van der Waals surface area contributed by atoms with Crippen molar-refractivity contribution in [2.24, 2.45) is 0 Å². The Kier molecular flexibility index (Phi) is 4.64. The molecule has 2 N–H and O–H groups in total. The number of aryl methyl sites for hydroxylation is 1. The molecule has 0 aromatic heterocycles. The van der Waals surface area contributed by atoms with Crippen molar-refractivity contribution < 1.29 is 9.84 Å². The van der Waals surface area contributed by atoms with E-state index >= 15 is 0 Å². The molecule has 0 aliphatic heterocycles. The minimum atomic E-state index is 0.0710. The van der Waals surface area contributed by atoms with Crippen LogP contribution in [-0.2, 0) is 6.61 Å². The molecule has 2 aromatic rings. The van der Waals surface area contributed by atoms with Crippen LogP contribution in [0.4, 0.5) is 5.69 Å². The average Bonchev–Trinajstić information content (AvgIpc) is 2.48. The first-order valence-electron chi connectivity index (χ1n) is 6.75. The Balaban J connectivity index is 2.18. The van der Waals surface area contributed by atoms with Gasteiger partial charge in [0.05, 0.1) is 19.8 Å². The average molecular weight is 271 g/mol. The summed E-state index contributed by atoms with van der Waals surface area (Å²) in [6.45, 7) is 4.25. The van der Waals surface area contributed by atoms with Crippen molar-refractivity contribution in [1.82, 2.24) is 0 Å². The van der Waals surface area contributed by atoms with Crippen molar-refractivity contribution >= 4 is 5.69 Å². The molecular formula is C17H21NO2. The predicted octanol–water partition coefficient (Wildman–Crippen LogP) is 3.67. The molecule has 106 valence electrons. The summed E-state index contributed by atoms with van der Waals surface area (Å²) >= 11 is 0. The summed E-state index contributed by atoms with van der Waals surface area (Å²) in [7, 11) is 1.69. The Morgan fingerprint density at radius 3 is 2.45 bits per heavy atom. The molecule has 3 nitrogen and oxygen atoms in total. The Morgan fingerprint density at radius 2 is 1.85 bits per heavy atom. The van der Waals surface area contributed by atoms with Crippen molar-refractivity contribution in [3.8, 4) is 5.75 Å². The molecule has 0 aliphatic carbocycles. The van der Waals surface area contributed by atoms with Crippen LogP contribution in [0.15, 0.2) is 42.5 Å². The number of benzene rings is 2. The SMILES string of the molecule is COc1ccc(C)cc1C(C)Nc1ccc(CO)cc1. The van der Waals surface area contributed by atoms with Gasteiger partial charge >= 0.3 is 0 Å². The normalized spacial score (nSPS) is 12.0. The van der Waals surface area contributed by atoms with Crippen molar-refractivity contribution in [1.29, 1.82) is 0 Å². The van der Waals surface area contributed by atoms with Crippen LogP contribution in [0, 0.1) is 6.92 Å². The molecule has 1 atom stereocenters. The number of aliphatic hydroxyl groups is 1. The molecule has 0 saturated carbocycles. The van der Waals surface area contributed by atoms with Gasteiger partial charge in [-0.1, -0.05) is 29.8 Å². The Morgan fingerprint density at radius 1 is 1.15 bits per heavy atom. The maximum atomic E-state index is 9.05. The summed E-state index contributed by atoms with van der Waals surface area (Å²) in [5.74, 6) is 0.891. The summed E-state index contributed by atoms with van der Waals surface area (Å²) in [5.41, 5.74) is 4.29. The minimum Gasteiger partial charge on any atom is -0.496 e. The third-order valence-corrected chi connectivity index (χ3v) is 3.37. The Labute approximate surface area is 120 Å². The number of aliphatic hydroxyl groups excluding tert-OH is 1. The van der Waals surface area contributed by atoms with Gasteiger partial charge in [-0.3, -0.25) is 0 Å². The summed E-state index contributed by atoms with van der Waals surface area (Å²) in [5, 5.41) is 12.5. The fourth-order valence-corrected chi connectivity index (χ4v) is 2.23. The first kappa shape index (κ1) is 14.4. The van der Waals surface area contributed by atoms with E-state index in [-0.39, 0.29) is 12.6 Å². The number of rotatable bonds is 5. The molecule has 0 amide bonds. The second kappa shape index (κ2) is 6.44. The quantitative estimate of drug-likeness (QED) is 0.872. The molecule has 20 heavy (non-hydrogen) atoms. The zero-order valence-corrected chi connectivity index (χ0v) is 12.2. The van der Waals surface area contributed by atoms with E-state index in [1.54, 1.807) is 7.11 Å². The van der Waals surface area contributed by atoms with E-state index in [1.807, 2.05) is 36.4 Å². The maximum Gasteiger partial charge on any atom is 0.124 e. The van der Waals surface area contributed by atoms with Crippen LogP contribution < -0.4 is 10.1 Å². The fraction of sp³-hybridized carbons (Fsp3) is 0.294. The van der Waals surface area contributed by atoms with Gasteiger partial charge in [0, 0.05) is 11.3 Å². The third-order valence-electron chi connectivity index (χ3n) is 3.37. The van der Waals surface area contributed by atoms with E-state index in [0.29, 0.717) is 0 Å². The van der Waals surface area contributed by atoms with Crippen molar-refractivity contribution in [2.45, 2.75) is 26.5 Å². The van der Waals surface area contributed by atoms with Crippen LogP contribution in [0.3, 0.4) is 0 Å². The molecule has 0 saturated heterocycles. The molecule has 2 rings (SSSR count). The van der Waals surface area contributed by atoms with Crippen molar-refractivity contribution in [3.05, 3.63) is 59.2 Å². The van der Waals surface area contributed by atoms with E-state index in [4.69, 9.17) is 9.84 Å². The lowest BCUT2D eigenvalue weighted by Gasteiger charge is -2.19. The van der Waals surface area contributed by atoms with Crippen LogP contribution in [0.5, 0.6) is 5.75 Å². The predicted molar refractivity (Wildman–Crippen MR) is 82.1 cm³/mol. The van der Waals surface area contributed by atoms with Crippen molar-refractivity contribution in [3.63, 3.8) is 0 Å². The summed E-state index contributed by atoms with van der Waals surface area (Å²) in [6.07, 6.45) is 0. The van der Waals surface area contributed by atoms with Crippen molar-refractivity contribution in [2.75, 3.05) is 12.4 Å². The largest absolute Gasteiger partial charge is 0.496 e. The van der Waals surface area contributed by atoms with E-state index in [9.17, 15) is 0 Å². The summed E-state index contributed by atoms with van der Waals surface area (Å²) in [4.78, 5) is 0. The molecule has 0 spiro atoms. The number of nitrogens with one attached hydrogen (secondary N) is 1. The molecule has 0 bridgehead atoms. The highest BCUT2D eigenvalue weighted by Crippen LogP contribution is 2.28. The zero-order chi connectivity index (χ0) is 14.5. The Hall–Kier alpha value is -2.00. The summed E-state index contributed by atoms with van der Waals surface area (Å²) < 4.78 is 5.42. The van der Waals surface area contributed by atoms with Gasteiger partial charge in [-0.25, -0.2) is 0 Å². The van der Waals surface area contributed by atoms with Crippen LogP contribution in [0.2, 0.25) is 0 Å². The smallest absolute Gasteiger partial charge is 0.124 e. The van der Waals surface area contributed by atoms with Gasteiger partial charge in [0.15, 0.2) is 0 Å². The standard InChI is InChI=1S/C17H21NO2/c1-12-4-9-17(20-3)16(10-12)13(2)18-15-7-5-14(11-19)6-8-15/h4-10,13,18-19H,11H2,1-3H3. The molecule has 1 unspecified atom stereocenters. The zero-order valence-electron chi connectivity index (χ0n) is 12.2. The molecule has 0 aliphatic rings. The summed E-state index contributed by atoms with van der Waals surface area (Å²) in [6, 6.07) is 14.1. The van der Waals surface area contributed by atoms with E-state index in [2.05, 4.69) is 25.2 Å². The lowest BCUT2D eigenvalue weighted by atomic mass is 10.0. The fourth-order valence-electron chi connectivity index (χ4n) is 2.23. The minimum absolute atomic E-state index is 0.0710. The number of anilines is 1. The molecule has 3 heteroatoms. The van der Waals surface area contributed by atoms with Gasteiger partial charge in [-0.15, -0.1) is 0 Å². The van der Waals surface area contributed by atoms with Crippen LogP contribution in [0.1, 0.15) is 29.7 Å². The maximum absolute atomic E-state index is 9.05. The second-order valence-electron chi connectivity index (χ2n) is 4.97. The molecule has 0 heterocycles. The molecule has 2 aromatic carbocycles. The van der Waals surface area contributed by atoms with Crippen LogP contribution in [0.25, 0.3) is 0 Å². The van der Waals surface area contributed by atoms with E-state index < -0.39 is 0 Å². The molecule has 0 radical (unpaired) electrons. The van der Waals surface area contributed by atoms with Gasteiger partial charge < -0.3 is 15.2 Å². The number of methoxy groups -OCH3 is 1. The van der Waals surface area contributed by atoms with E-state index in [0.717, 1.165) is 22.6 Å². The van der Waals surface area contributed by atoms with Gasteiger partial charge in [0.2, 0.25) is 0 Å². The van der Waals surface area contributed by atoms with Gasteiger partial charge in [0.1, 0.15) is 5.75 Å². The third kappa shape index (κ3) is 3.31. The second-order valence-corrected chi connectivity index (χ2v) is 4.97. The number of hydrogen-bond acceptors (Lipinski definition) is 3. The highest BCUT2D eigenvalue weighted by molar-refractivity contribution is 5.49. The lowest BCUT2D eigenvalue weighted by Crippen LogP contribution is -2.08. The lowest BCUT2D eigenvalue weighted by molar-refractivity contribution is 0.282. The van der Waals surface area contributed by atoms with Crippen LogP contribution >= 0.6 is 0 Å². The van der Waals surface area contributed by atoms with Gasteiger partial charge in [-0.2, -0.15) is 0 Å². The molecule has 0 fully saturated rings. The molecular weight excluding hydrogens is 250 g/mol. The van der Waals surface area contributed by atoms with E-state index in [1.165, 1.54) is 5.56 Å². The first-order chi connectivity index (χ1) is 9.63. The van der Waals surface area contributed by atoms with Gasteiger partial charge in [0.25, 0.3) is 0 Å². The number of ether oxygens (including phenoxy) is 1.